The molecule has 6 heterocycles. The number of fused-ring (bicyclic) bond motifs is 4. The van der Waals surface area contributed by atoms with E-state index in [9.17, 15) is 23.6 Å². The summed E-state index contributed by atoms with van der Waals surface area (Å²) >= 11 is 0. The molecule has 2 aliphatic heterocycles. The van der Waals surface area contributed by atoms with Crippen LogP contribution in [-0.4, -0.2) is 105 Å². The van der Waals surface area contributed by atoms with Crippen LogP contribution in [0, 0.1) is 11.8 Å². The third kappa shape index (κ3) is 11.4. The molecule has 4 aromatic heterocycles. The number of anilines is 2. The van der Waals surface area contributed by atoms with Gasteiger partial charge >= 0.3 is 5.97 Å². The van der Waals surface area contributed by atoms with Crippen LogP contribution in [0.15, 0.2) is 143 Å². The summed E-state index contributed by atoms with van der Waals surface area (Å²) in [6, 6.07) is 40.5. The normalized spacial score (nSPS) is 14.9. The fourth-order valence-corrected chi connectivity index (χ4v) is 9.50. The zero-order chi connectivity index (χ0) is 54.7. The van der Waals surface area contributed by atoms with Gasteiger partial charge < -0.3 is 35.1 Å². The van der Waals surface area contributed by atoms with Crippen molar-refractivity contribution in [3.05, 3.63) is 166 Å². The number of hydrogen-bond donors (Lipinski definition) is 5. The number of nitrogens with zero attached hydrogens (tertiary/aromatic N) is 6. The predicted molar refractivity (Wildman–Crippen MR) is 292 cm³/mol. The van der Waals surface area contributed by atoms with Crippen LogP contribution < -0.4 is 31.6 Å². The number of benzene rings is 6. The summed E-state index contributed by atoms with van der Waals surface area (Å²) in [5.74, 6) is 0.657. The van der Waals surface area contributed by atoms with E-state index in [1.54, 1.807) is 61.4 Å². The summed E-state index contributed by atoms with van der Waals surface area (Å²) < 4.78 is 41.0. The third-order valence-electron chi connectivity index (χ3n) is 13.2. The van der Waals surface area contributed by atoms with Gasteiger partial charge in [-0.15, -0.1) is 0 Å². The van der Waals surface area contributed by atoms with Gasteiger partial charge in [-0.1, -0.05) is 72.8 Å². The number of carbonyl (C=O) groups is 2. The van der Waals surface area contributed by atoms with Gasteiger partial charge in [0.1, 0.15) is 22.9 Å². The van der Waals surface area contributed by atoms with E-state index in [4.69, 9.17) is 31.2 Å². The van der Waals surface area contributed by atoms with Gasteiger partial charge in [-0.25, -0.2) is 15.0 Å². The Morgan fingerprint density at radius 1 is 0.675 bits per heavy atom. The van der Waals surface area contributed by atoms with Crippen molar-refractivity contribution in [3.8, 4) is 34.0 Å². The van der Waals surface area contributed by atoms with Gasteiger partial charge in [-0.05, 0) is 61.4 Å². The number of para-hydroxylation sites is 2. The Morgan fingerprint density at radius 3 is 1.60 bits per heavy atom. The van der Waals surface area contributed by atoms with E-state index >= 15 is 0 Å². The van der Waals surface area contributed by atoms with E-state index in [2.05, 4.69) is 35.9 Å². The summed E-state index contributed by atoms with van der Waals surface area (Å²) in [5, 5.41) is 38.6. The van der Waals surface area contributed by atoms with Gasteiger partial charge in [0.2, 0.25) is 0 Å². The van der Waals surface area contributed by atoms with Crippen molar-refractivity contribution in [2.75, 3.05) is 58.9 Å². The minimum Gasteiger partial charge on any atom is -0.496 e. The fourth-order valence-electron chi connectivity index (χ4n) is 9.50. The molecular weight excluding hydrogens is 988 g/mol. The molecule has 12 rings (SSSR count). The second-order valence-corrected chi connectivity index (χ2v) is 18.1. The molecule has 0 saturated carbocycles. The molecule has 10 aromatic rings. The molecule has 2 saturated heterocycles. The van der Waals surface area contributed by atoms with E-state index in [1.165, 1.54) is 0 Å². The molecule has 1 amide bonds. The highest BCUT2D eigenvalue weighted by Crippen LogP contribution is 2.36. The number of methoxy groups -OCH3 is 2. The molecule has 0 spiro atoms. The summed E-state index contributed by atoms with van der Waals surface area (Å²) in [4.78, 5) is 48.5. The number of aromatic nitrogens is 8. The maximum Gasteiger partial charge on any atom is 0.357 e. The van der Waals surface area contributed by atoms with E-state index in [1.807, 2.05) is 95.7 Å². The van der Waals surface area contributed by atoms with Crippen LogP contribution in [-0.2, 0) is 22.6 Å². The number of nitrogen functional groups attached to an aromatic ring is 1. The highest BCUT2D eigenvalue weighted by atomic mass is 19.1. The molecule has 2 aliphatic rings. The van der Waals surface area contributed by atoms with E-state index in [-0.39, 0.29) is 22.7 Å². The molecule has 6 aromatic carbocycles. The Hall–Kier alpha value is -9.27. The van der Waals surface area contributed by atoms with Crippen LogP contribution in [0.3, 0.4) is 0 Å². The number of halogens is 1. The van der Waals surface area contributed by atoms with Crippen molar-refractivity contribution in [1.29, 1.82) is 0 Å². The van der Waals surface area contributed by atoms with Gasteiger partial charge in [0.05, 0.1) is 57.8 Å². The first kappa shape index (κ1) is 51.2. The van der Waals surface area contributed by atoms with Crippen molar-refractivity contribution in [1.82, 2.24) is 40.0 Å². The first-order valence-corrected chi connectivity index (χ1v) is 24.5. The number of H-pyrrole nitrogens is 2. The molecule has 2 unspecified atom stereocenters. The largest absolute Gasteiger partial charge is 0.496 e. The number of nitrogens with one attached hydrogen (secondary N) is 3. The smallest absolute Gasteiger partial charge is 0.357 e. The van der Waals surface area contributed by atoms with Crippen LogP contribution >= 0.6 is 0 Å². The summed E-state index contributed by atoms with van der Waals surface area (Å²) in [5.41, 5.74) is 11.5. The second-order valence-electron chi connectivity index (χ2n) is 18.1. The lowest BCUT2D eigenvalue weighted by Crippen LogP contribution is -2.15. The molecular formula is C57H55FN10O9. The highest BCUT2D eigenvalue weighted by molar-refractivity contribution is 6.11. The first-order chi connectivity index (χ1) is 38.0. The number of carbonyl (C=O) groups excluding carboxylic acids is 1. The predicted octanol–water partition coefficient (Wildman–Crippen LogP) is 8.77. The van der Waals surface area contributed by atoms with Crippen LogP contribution in [0.2, 0.25) is 0 Å². The Morgan fingerprint density at radius 2 is 1.12 bits per heavy atom. The highest BCUT2D eigenvalue weighted by Gasteiger charge is 2.24. The quantitative estimate of drug-likeness (QED) is 0.0759. The van der Waals surface area contributed by atoms with Gasteiger partial charge in [0, 0.05) is 94.3 Å². The molecule has 0 bridgehead atoms. The van der Waals surface area contributed by atoms with Crippen LogP contribution in [0.4, 0.5) is 15.8 Å². The molecule has 0 aliphatic carbocycles. The van der Waals surface area contributed by atoms with Crippen LogP contribution in [0.1, 0.15) is 35.2 Å². The fraction of sp³-hybridized carbons (Fsp3) is 0.228. The zero-order valence-corrected chi connectivity index (χ0v) is 42.1. The van der Waals surface area contributed by atoms with Crippen molar-refractivity contribution < 1.29 is 39.4 Å². The van der Waals surface area contributed by atoms with Crippen LogP contribution in [0.25, 0.3) is 65.9 Å². The van der Waals surface area contributed by atoms with Gasteiger partial charge in [-0.2, -0.15) is 20.4 Å². The Labute approximate surface area is 440 Å². The van der Waals surface area contributed by atoms with Crippen molar-refractivity contribution in [3.63, 3.8) is 0 Å². The van der Waals surface area contributed by atoms with Crippen molar-refractivity contribution >= 4 is 66.6 Å². The van der Waals surface area contributed by atoms with Crippen molar-refractivity contribution in [2.24, 2.45) is 11.8 Å². The third-order valence-corrected chi connectivity index (χ3v) is 13.2. The lowest BCUT2D eigenvalue weighted by atomic mass is 10.0. The number of nitrogens with two attached hydrogens (primary N) is 1. The summed E-state index contributed by atoms with van der Waals surface area (Å²) in [6.45, 7) is 4.41. The maximum atomic E-state index is 13.3. The standard InChI is InChI=1S/C28H25N5O4.C15H13N3O2.C13H14N2O3.CH3F/c1-36-24-14-18(10-11-22(24)25-19-6-2-3-7-20(19)27(34)31-30-25)29-28(35)26-21-8-4-5-9-23(21)33(32-26)15-17-12-13-37-16-17;1-20-13-8-9(16)6-7-12(13)14-10-4-2-3-5-11(10)15(19)18-17-14;16-13(17)12-10-3-1-2-4-11(10)15(14-12)7-9-5-6-18-8-9;1-2/h2-11,14,17H,12-13,15-16H2,1H3,(H,29,35)(H,31,34);2-8H,16H2,1H3,(H,18,19);1-4,9H,5-8H2,(H,16,17);1H3/i;;;1D. The van der Waals surface area contributed by atoms with Gasteiger partial charge in [0.15, 0.2) is 11.4 Å². The van der Waals surface area contributed by atoms with E-state index in [0.29, 0.717) is 98.6 Å². The molecule has 6 N–H and O–H groups in total. The number of carboxylic acids is 1. The number of carboxylic acid groups (broad SMARTS) is 1. The minimum absolute atomic E-state index is 0.129. The number of amides is 1. The SMILES string of the molecule is COc1cc(N)ccc1-c1n[nH]c(=O)c2ccccc12.COc1cc(NC(=O)c2nn(CC3CCOC3)c3ccccc23)ccc1-c1n[nH]c(=O)c2ccccc12.O=C(O)c1nn(CC2CCOC2)c2ccccc12.[2H]CF. The lowest BCUT2D eigenvalue weighted by molar-refractivity contribution is 0.0691. The van der Waals surface area contributed by atoms with E-state index < -0.39 is 13.1 Å². The molecule has 2 fully saturated rings. The molecule has 2 atom stereocenters. The van der Waals surface area contributed by atoms with Gasteiger partial charge in [-0.3, -0.25) is 28.1 Å². The average Bonchev–Trinajstić information content (AvgIpc) is 4.38. The summed E-state index contributed by atoms with van der Waals surface area (Å²) in [6.07, 6.45) is 2.00. The average molecular weight is 1040 g/mol. The number of aromatic carboxylic acids is 1. The monoisotopic (exact) mass is 1040 g/mol. The molecule has 77 heavy (non-hydrogen) atoms. The number of aromatic amines is 2. The first-order valence-electron chi connectivity index (χ1n) is 25.2. The second kappa shape index (κ2) is 23.9. The molecule has 19 nitrogen and oxygen atoms in total. The Bertz CT molecular complexity index is 3890. The topological polar surface area (TPSA) is 256 Å². The van der Waals surface area contributed by atoms with Crippen LogP contribution in [0.5, 0.6) is 11.5 Å². The van der Waals surface area contributed by atoms with Gasteiger partial charge in [0.25, 0.3) is 17.0 Å². The van der Waals surface area contributed by atoms with E-state index in [0.717, 1.165) is 60.0 Å². The number of alkyl halides is 1. The minimum atomic E-state index is -1.00. The molecule has 394 valence electrons. The maximum absolute atomic E-state index is 13.3. The summed E-state index contributed by atoms with van der Waals surface area (Å²) in [7, 11) is 2.13. The Balaban J connectivity index is 0.000000152. The molecule has 20 heteroatoms. The lowest BCUT2D eigenvalue weighted by Gasteiger charge is -2.12. The number of hydrogen-bond acceptors (Lipinski definition) is 13. The number of ether oxygens (including phenoxy) is 4. The molecule has 0 radical (unpaired) electrons. The van der Waals surface area contributed by atoms with Crippen molar-refractivity contribution in [2.45, 2.75) is 25.9 Å². The number of rotatable bonds is 11. The zero-order valence-electron chi connectivity index (χ0n) is 43.1. The Kier molecular flexibility index (Phi) is 15.9.